The Morgan fingerprint density at radius 1 is 1.16 bits per heavy atom. The molecule has 2 rings (SSSR count). The summed E-state index contributed by atoms with van der Waals surface area (Å²) in [6.07, 6.45) is 0. The minimum atomic E-state index is 0. The predicted molar refractivity (Wildman–Crippen MR) is 110 cm³/mol. The topological polar surface area (TPSA) is 32.3 Å². The van der Waals surface area contributed by atoms with E-state index in [9.17, 15) is 4.79 Å². The summed E-state index contributed by atoms with van der Waals surface area (Å²) in [7, 11) is 3.74. The molecule has 0 fully saturated rings. The Labute approximate surface area is 161 Å². The molecule has 0 aliphatic heterocycles. The van der Waals surface area contributed by atoms with Crippen LogP contribution in [0.15, 0.2) is 47.4 Å². The maximum atomic E-state index is 12.5. The number of amides is 1. The SMILES string of the molecule is CNCCN(C)C(=O)c1cccc(CSc2cc(C)ccc2C)c1.Cl. The monoisotopic (exact) mass is 378 g/mol. The van der Waals surface area contributed by atoms with Crippen molar-refractivity contribution in [2.24, 2.45) is 0 Å². The van der Waals surface area contributed by atoms with E-state index in [1.54, 1.807) is 4.90 Å². The van der Waals surface area contributed by atoms with E-state index < -0.39 is 0 Å². The first-order valence-corrected chi connectivity index (χ1v) is 9.19. The summed E-state index contributed by atoms with van der Waals surface area (Å²) in [6, 6.07) is 14.5. The van der Waals surface area contributed by atoms with Gasteiger partial charge in [-0.3, -0.25) is 4.79 Å². The molecule has 136 valence electrons. The van der Waals surface area contributed by atoms with E-state index >= 15 is 0 Å². The number of hydrogen-bond acceptors (Lipinski definition) is 3. The third kappa shape index (κ3) is 6.38. The molecule has 2 aromatic carbocycles. The van der Waals surface area contributed by atoms with Crippen LogP contribution in [0.5, 0.6) is 0 Å². The second-order valence-electron chi connectivity index (χ2n) is 6.09. The zero-order valence-electron chi connectivity index (χ0n) is 15.3. The first-order valence-electron chi connectivity index (χ1n) is 8.20. The molecule has 0 saturated carbocycles. The summed E-state index contributed by atoms with van der Waals surface area (Å²) in [4.78, 5) is 15.5. The smallest absolute Gasteiger partial charge is 0.253 e. The molecule has 25 heavy (non-hydrogen) atoms. The third-order valence-corrected chi connectivity index (χ3v) is 5.18. The van der Waals surface area contributed by atoms with Crippen molar-refractivity contribution >= 4 is 30.1 Å². The van der Waals surface area contributed by atoms with Crippen molar-refractivity contribution in [1.82, 2.24) is 10.2 Å². The first kappa shape index (κ1) is 21.6. The number of hydrogen-bond donors (Lipinski definition) is 1. The maximum Gasteiger partial charge on any atom is 0.253 e. The lowest BCUT2D eigenvalue weighted by atomic mass is 10.1. The molecule has 0 atom stereocenters. The van der Waals surface area contributed by atoms with E-state index in [0.717, 1.165) is 17.9 Å². The Morgan fingerprint density at radius 2 is 1.92 bits per heavy atom. The van der Waals surface area contributed by atoms with Gasteiger partial charge in [0, 0.05) is 36.3 Å². The number of carbonyl (C=O) groups is 1. The maximum absolute atomic E-state index is 12.5. The van der Waals surface area contributed by atoms with Gasteiger partial charge in [0.15, 0.2) is 0 Å². The third-order valence-electron chi connectivity index (χ3n) is 3.96. The number of likely N-dealkylation sites (N-methyl/N-ethyl adjacent to an activating group) is 2. The van der Waals surface area contributed by atoms with Gasteiger partial charge in [-0.15, -0.1) is 24.2 Å². The van der Waals surface area contributed by atoms with Gasteiger partial charge in [-0.05, 0) is 50.2 Å². The lowest BCUT2D eigenvalue weighted by Crippen LogP contribution is -2.32. The minimum absolute atomic E-state index is 0. The molecule has 0 radical (unpaired) electrons. The highest BCUT2D eigenvalue weighted by molar-refractivity contribution is 7.98. The van der Waals surface area contributed by atoms with Gasteiger partial charge in [-0.2, -0.15) is 0 Å². The number of halogens is 1. The quantitative estimate of drug-likeness (QED) is 0.728. The Morgan fingerprint density at radius 3 is 2.64 bits per heavy atom. The van der Waals surface area contributed by atoms with E-state index in [2.05, 4.69) is 43.4 Å². The van der Waals surface area contributed by atoms with E-state index in [-0.39, 0.29) is 18.3 Å². The van der Waals surface area contributed by atoms with Crippen molar-refractivity contribution in [2.45, 2.75) is 24.5 Å². The van der Waals surface area contributed by atoms with Gasteiger partial charge in [-0.25, -0.2) is 0 Å². The van der Waals surface area contributed by atoms with Crippen LogP contribution in [0.25, 0.3) is 0 Å². The summed E-state index contributed by atoms with van der Waals surface area (Å²) in [5, 5.41) is 3.07. The van der Waals surface area contributed by atoms with E-state index in [4.69, 9.17) is 0 Å². The molecule has 0 unspecified atom stereocenters. The highest BCUT2D eigenvalue weighted by Gasteiger charge is 2.11. The molecule has 1 amide bonds. The van der Waals surface area contributed by atoms with Gasteiger partial charge in [0.1, 0.15) is 0 Å². The van der Waals surface area contributed by atoms with Crippen molar-refractivity contribution in [1.29, 1.82) is 0 Å². The molecule has 0 spiro atoms. The first-order chi connectivity index (χ1) is 11.5. The normalized spacial score (nSPS) is 10.2. The van der Waals surface area contributed by atoms with Gasteiger partial charge in [0.25, 0.3) is 5.91 Å². The molecule has 3 nitrogen and oxygen atoms in total. The Balaban J connectivity index is 0.00000312. The zero-order valence-corrected chi connectivity index (χ0v) is 17.0. The fraction of sp³-hybridized carbons (Fsp3) is 0.350. The highest BCUT2D eigenvalue weighted by atomic mass is 35.5. The van der Waals surface area contributed by atoms with Crippen LogP contribution in [0.3, 0.4) is 0 Å². The summed E-state index contributed by atoms with van der Waals surface area (Å²) in [5.41, 5.74) is 4.50. The van der Waals surface area contributed by atoms with Crippen molar-refractivity contribution in [3.63, 3.8) is 0 Å². The standard InChI is InChI=1S/C20H26N2OS.ClH/c1-15-8-9-16(2)19(12-15)24-14-17-6-5-7-18(13-17)20(23)22(4)11-10-21-3;/h5-9,12-13,21H,10-11,14H2,1-4H3;1H. The number of benzene rings is 2. The highest BCUT2D eigenvalue weighted by Crippen LogP contribution is 2.27. The van der Waals surface area contributed by atoms with Gasteiger partial charge in [0.2, 0.25) is 0 Å². The van der Waals surface area contributed by atoms with Gasteiger partial charge < -0.3 is 10.2 Å². The van der Waals surface area contributed by atoms with Crippen LogP contribution < -0.4 is 5.32 Å². The molecule has 0 aromatic heterocycles. The van der Waals surface area contributed by atoms with Crippen molar-refractivity contribution in [2.75, 3.05) is 27.2 Å². The van der Waals surface area contributed by atoms with Crippen molar-refractivity contribution in [3.8, 4) is 0 Å². The largest absolute Gasteiger partial charge is 0.340 e. The molecular weight excluding hydrogens is 352 g/mol. The number of aryl methyl sites for hydroxylation is 2. The van der Waals surface area contributed by atoms with Crippen LogP contribution in [0.1, 0.15) is 27.0 Å². The molecule has 0 aliphatic rings. The van der Waals surface area contributed by atoms with Crippen molar-refractivity contribution < 1.29 is 4.79 Å². The number of nitrogens with zero attached hydrogens (tertiary/aromatic N) is 1. The summed E-state index contributed by atoms with van der Waals surface area (Å²) >= 11 is 1.82. The predicted octanol–water partition coefficient (Wildman–Crippen LogP) is 4.31. The lowest BCUT2D eigenvalue weighted by molar-refractivity contribution is 0.0797. The van der Waals surface area contributed by atoms with Gasteiger partial charge >= 0.3 is 0 Å². The number of carbonyl (C=O) groups excluding carboxylic acids is 1. The van der Waals surface area contributed by atoms with Crippen LogP contribution in [-0.2, 0) is 5.75 Å². The van der Waals surface area contributed by atoms with Crippen molar-refractivity contribution in [3.05, 3.63) is 64.7 Å². The van der Waals surface area contributed by atoms with E-state index in [0.29, 0.717) is 6.54 Å². The zero-order chi connectivity index (χ0) is 17.5. The second-order valence-corrected chi connectivity index (χ2v) is 7.11. The van der Waals surface area contributed by atoms with Crippen LogP contribution in [0.4, 0.5) is 0 Å². The van der Waals surface area contributed by atoms with Crippen LogP contribution in [-0.4, -0.2) is 38.0 Å². The molecule has 0 aliphatic carbocycles. The van der Waals surface area contributed by atoms with Gasteiger partial charge in [0.05, 0.1) is 0 Å². The Kier molecular flexibility index (Phi) is 9.04. The average Bonchev–Trinajstić information content (AvgIpc) is 2.60. The molecule has 2 aromatic rings. The minimum Gasteiger partial charge on any atom is -0.340 e. The summed E-state index contributed by atoms with van der Waals surface area (Å²) < 4.78 is 0. The van der Waals surface area contributed by atoms with Crippen LogP contribution in [0, 0.1) is 13.8 Å². The fourth-order valence-electron chi connectivity index (χ4n) is 2.42. The van der Waals surface area contributed by atoms with E-state index in [1.165, 1.54) is 21.6 Å². The molecular formula is C20H27ClN2OS. The number of nitrogens with one attached hydrogen (secondary N) is 1. The molecule has 0 bridgehead atoms. The number of thioether (sulfide) groups is 1. The van der Waals surface area contributed by atoms with Crippen LogP contribution >= 0.6 is 24.2 Å². The average molecular weight is 379 g/mol. The molecule has 1 N–H and O–H groups in total. The van der Waals surface area contributed by atoms with Crippen LogP contribution in [0.2, 0.25) is 0 Å². The molecule has 0 saturated heterocycles. The van der Waals surface area contributed by atoms with E-state index in [1.807, 2.05) is 44.1 Å². The Bertz CT molecular complexity index is 706. The summed E-state index contributed by atoms with van der Waals surface area (Å²) in [6.45, 7) is 5.75. The second kappa shape index (κ2) is 10.5. The molecule has 5 heteroatoms. The fourth-order valence-corrected chi connectivity index (χ4v) is 3.49. The lowest BCUT2D eigenvalue weighted by Gasteiger charge is -2.17. The summed E-state index contributed by atoms with van der Waals surface area (Å²) in [5.74, 6) is 0.940. The number of rotatable bonds is 7. The Hall–Kier alpha value is -1.49. The molecule has 0 heterocycles. The van der Waals surface area contributed by atoms with Gasteiger partial charge in [-0.1, -0.05) is 29.8 Å².